The highest BCUT2D eigenvalue weighted by Crippen LogP contribution is 2.18. The van der Waals surface area contributed by atoms with Gasteiger partial charge in [0.2, 0.25) is 5.89 Å². The van der Waals surface area contributed by atoms with Gasteiger partial charge in [-0.05, 0) is 26.0 Å². The molecule has 0 fully saturated rings. The molecular weight excluding hydrogens is 300 g/mol. The first-order chi connectivity index (χ1) is 11.0. The van der Waals surface area contributed by atoms with E-state index in [-0.39, 0.29) is 30.1 Å². The minimum Gasteiger partial charge on any atom is -0.466 e. The van der Waals surface area contributed by atoms with Crippen molar-refractivity contribution in [3.63, 3.8) is 0 Å². The number of carbonyl (C=O) groups is 2. The molecule has 2 aromatic rings. The summed E-state index contributed by atoms with van der Waals surface area (Å²) >= 11 is 0. The van der Waals surface area contributed by atoms with E-state index < -0.39 is 5.92 Å². The molecule has 1 atom stereocenters. The number of hydrogen-bond donors (Lipinski definition) is 1. The Morgan fingerprint density at radius 3 is 2.91 bits per heavy atom. The van der Waals surface area contributed by atoms with Gasteiger partial charge in [-0.1, -0.05) is 11.2 Å². The van der Waals surface area contributed by atoms with E-state index in [0.29, 0.717) is 17.1 Å². The third-order valence-corrected chi connectivity index (χ3v) is 3.31. The number of aliphatic imine (C=N–C) groups is 1. The molecular formula is C15H14N4O4. The van der Waals surface area contributed by atoms with Crippen molar-refractivity contribution in [1.82, 2.24) is 15.5 Å². The van der Waals surface area contributed by atoms with Crippen LogP contribution >= 0.6 is 0 Å². The number of carbonyl (C=O) groups excluding carboxylic acids is 2. The van der Waals surface area contributed by atoms with Crippen LogP contribution in [0.25, 0.3) is 0 Å². The SMILES string of the molecule is Cc1cc(C(=O)NCc2nc(C3C=CC=NC3=O)no2)c(C)o1. The number of nitrogens with zero attached hydrogens (tertiary/aromatic N) is 3. The lowest BCUT2D eigenvalue weighted by atomic mass is 10.1. The molecule has 0 aliphatic carbocycles. The first-order valence-corrected chi connectivity index (χ1v) is 6.97. The van der Waals surface area contributed by atoms with Gasteiger partial charge >= 0.3 is 0 Å². The van der Waals surface area contributed by atoms with E-state index in [9.17, 15) is 9.59 Å². The Morgan fingerprint density at radius 2 is 2.22 bits per heavy atom. The van der Waals surface area contributed by atoms with E-state index >= 15 is 0 Å². The van der Waals surface area contributed by atoms with Crippen molar-refractivity contribution >= 4 is 18.0 Å². The zero-order chi connectivity index (χ0) is 16.4. The monoisotopic (exact) mass is 314 g/mol. The summed E-state index contributed by atoms with van der Waals surface area (Å²) in [7, 11) is 0. The van der Waals surface area contributed by atoms with Crippen LogP contribution in [0.1, 0.15) is 39.5 Å². The second-order valence-corrected chi connectivity index (χ2v) is 5.03. The van der Waals surface area contributed by atoms with Gasteiger partial charge in [0.05, 0.1) is 12.1 Å². The van der Waals surface area contributed by atoms with E-state index in [0.717, 1.165) is 0 Å². The maximum absolute atomic E-state index is 12.1. The van der Waals surface area contributed by atoms with Gasteiger partial charge in [-0.2, -0.15) is 4.98 Å². The van der Waals surface area contributed by atoms with Gasteiger partial charge < -0.3 is 14.3 Å². The average molecular weight is 314 g/mol. The molecule has 2 amide bonds. The highest BCUT2D eigenvalue weighted by atomic mass is 16.5. The van der Waals surface area contributed by atoms with Crippen LogP contribution in [0.5, 0.6) is 0 Å². The van der Waals surface area contributed by atoms with Crippen molar-refractivity contribution in [3.8, 4) is 0 Å². The van der Waals surface area contributed by atoms with Gasteiger partial charge in [0.25, 0.3) is 11.8 Å². The number of nitrogens with one attached hydrogen (secondary N) is 1. The summed E-state index contributed by atoms with van der Waals surface area (Å²) in [5, 5.41) is 6.43. The van der Waals surface area contributed by atoms with Crippen LogP contribution < -0.4 is 5.32 Å². The maximum Gasteiger partial charge on any atom is 0.260 e. The molecule has 8 nitrogen and oxygen atoms in total. The molecule has 118 valence electrons. The molecule has 23 heavy (non-hydrogen) atoms. The van der Waals surface area contributed by atoms with E-state index in [4.69, 9.17) is 8.94 Å². The quantitative estimate of drug-likeness (QED) is 0.914. The number of allylic oxidation sites excluding steroid dienone is 1. The molecule has 0 saturated heterocycles. The van der Waals surface area contributed by atoms with Gasteiger partial charge in [-0.15, -0.1) is 0 Å². The van der Waals surface area contributed by atoms with Crippen LogP contribution in [0.2, 0.25) is 0 Å². The predicted molar refractivity (Wildman–Crippen MR) is 79.0 cm³/mol. The minimum absolute atomic E-state index is 0.0589. The number of aromatic nitrogens is 2. The number of aryl methyl sites for hydroxylation is 2. The first kappa shape index (κ1) is 14.9. The molecule has 1 aliphatic heterocycles. The first-order valence-electron chi connectivity index (χ1n) is 6.97. The second-order valence-electron chi connectivity index (χ2n) is 5.03. The number of dihydropyridines is 1. The molecule has 0 aromatic carbocycles. The molecule has 0 spiro atoms. The normalized spacial score (nSPS) is 16.8. The average Bonchev–Trinajstić information content (AvgIpc) is 3.12. The molecule has 8 heteroatoms. The van der Waals surface area contributed by atoms with Crippen LogP contribution in [0, 0.1) is 13.8 Å². The third-order valence-electron chi connectivity index (χ3n) is 3.31. The van der Waals surface area contributed by atoms with Crippen LogP contribution in [0.4, 0.5) is 0 Å². The van der Waals surface area contributed by atoms with Crippen LogP contribution in [0.3, 0.4) is 0 Å². The summed E-state index contributed by atoms with van der Waals surface area (Å²) in [6.45, 7) is 3.54. The Bertz CT molecular complexity index is 815. The number of hydrogen-bond acceptors (Lipinski definition) is 6. The molecule has 0 bridgehead atoms. The van der Waals surface area contributed by atoms with E-state index in [1.54, 1.807) is 32.1 Å². The molecule has 3 heterocycles. The van der Waals surface area contributed by atoms with Crippen molar-refractivity contribution in [2.75, 3.05) is 0 Å². The summed E-state index contributed by atoms with van der Waals surface area (Å²) in [6, 6.07) is 1.66. The fraction of sp³-hybridized carbons (Fsp3) is 0.267. The molecule has 1 unspecified atom stereocenters. The van der Waals surface area contributed by atoms with Crippen molar-refractivity contribution in [2.24, 2.45) is 4.99 Å². The number of amides is 2. The van der Waals surface area contributed by atoms with E-state index in [1.165, 1.54) is 6.21 Å². The highest BCUT2D eigenvalue weighted by molar-refractivity contribution is 5.97. The summed E-state index contributed by atoms with van der Waals surface area (Å²) in [5.41, 5.74) is 0.460. The largest absolute Gasteiger partial charge is 0.466 e. The lowest BCUT2D eigenvalue weighted by molar-refractivity contribution is -0.118. The fourth-order valence-electron chi connectivity index (χ4n) is 2.21. The lowest BCUT2D eigenvalue weighted by Gasteiger charge is -2.04. The Labute approximate surface area is 131 Å². The molecule has 0 saturated carbocycles. The third kappa shape index (κ3) is 3.10. The molecule has 2 aromatic heterocycles. The fourth-order valence-corrected chi connectivity index (χ4v) is 2.21. The zero-order valence-electron chi connectivity index (χ0n) is 12.6. The Hall–Kier alpha value is -3.03. The Morgan fingerprint density at radius 1 is 1.39 bits per heavy atom. The zero-order valence-corrected chi connectivity index (χ0v) is 12.6. The summed E-state index contributed by atoms with van der Waals surface area (Å²) < 4.78 is 10.4. The highest BCUT2D eigenvalue weighted by Gasteiger charge is 2.24. The van der Waals surface area contributed by atoms with Crippen molar-refractivity contribution in [3.05, 3.63) is 47.0 Å². The Balaban J connectivity index is 1.64. The van der Waals surface area contributed by atoms with Gasteiger partial charge in [0.1, 0.15) is 17.4 Å². The minimum atomic E-state index is -0.646. The summed E-state index contributed by atoms with van der Waals surface area (Å²) in [4.78, 5) is 31.5. The van der Waals surface area contributed by atoms with Crippen LogP contribution in [-0.2, 0) is 11.3 Å². The maximum atomic E-state index is 12.1. The van der Waals surface area contributed by atoms with Gasteiger partial charge in [-0.25, -0.2) is 4.99 Å². The number of furan rings is 1. The van der Waals surface area contributed by atoms with Gasteiger partial charge in [-0.3, -0.25) is 9.59 Å². The molecule has 1 aliphatic rings. The smallest absolute Gasteiger partial charge is 0.260 e. The van der Waals surface area contributed by atoms with Crippen molar-refractivity contribution in [1.29, 1.82) is 0 Å². The molecule has 1 N–H and O–H groups in total. The summed E-state index contributed by atoms with van der Waals surface area (Å²) in [5.74, 6) is 0.347. The Kier molecular flexibility index (Phi) is 3.88. The van der Waals surface area contributed by atoms with Gasteiger partial charge in [0.15, 0.2) is 5.82 Å². The topological polar surface area (TPSA) is 111 Å². The van der Waals surface area contributed by atoms with Crippen molar-refractivity contribution in [2.45, 2.75) is 26.3 Å². The second kappa shape index (κ2) is 5.99. The molecule has 0 radical (unpaired) electrons. The summed E-state index contributed by atoms with van der Waals surface area (Å²) in [6.07, 6.45) is 4.70. The van der Waals surface area contributed by atoms with E-state index in [2.05, 4.69) is 20.4 Å². The van der Waals surface area contributed by atoms with Gasteiger partial charge in [0, 0.05) is 6.21 Å². The predicted octanol–water partition coefficient (Wildman–Crippen LogP) is 1.46. The van der Waals surface area contributed by atoms with Crippen LogP contribution in [0.15, 0.2) is 32.2 Å². The van der Waals surface area contributed by atoms with Crippen molar-refractivity contribution < 1.29 is 18.5 Å². The lowest BCUT2D eigenvalue weighted by Crippen LogP contribution is -2.23. The number of rotatable bonds is 4. The molecule has 3 rings (SSSR count). The van der Waals surface area contributed by atoms with Crippen LogP contribution in [-0.4, -0.2) is 28.2 Å². The standard InChI is InChI=1S/C15H14N4O4/c1-8-6-11(9(2)22-8)15(21)17-7-12-18-13(19-23-12)10-4-3-5-16-14(10)20/h3-6,10H,7H2,1-2H3,(H,17,21). The van der Waals surface area contributed by atoms with E-state index in [1.807, 2.05) is 0 Å².